The average molecular weight is 493 g/mol. The van der Waals surface area contributed by atoms with Crippen LogP contribution in [0.1, 0.15) is 56.0 Å². The van der Waals surface area contributed by atoms with Crippen molar-refractivity contribution in [2.24, 2.45) is 0 Å². The Morgan fingerprint density at radius 3 is 2.61 bits per heavy atom. The number of carbonyl (C=O) groups is 2. The number of aryl methyl sites for hydroxylation is 1. The molecule has 3 aromatic rings. The number of imidazole rings is 1. The lowest BCUT2D eigenvalue weighted by Crippen LogP contribution is -2.31. The van der Waals surface area contributed by atoms with Crippen molar-refractivity contribution in [2.45, 2.75) is 53.1 Å². The van der Waals surface area contributed by atoms with E-state index >= 15 is 0 Å². The van der Waals surface area contributed by atoms with Gasteiger partial charge in [-0.2, -0.15) is 0 Å². The van der Waals surface area contributed by atoms with E-state index in [1.807, 2.05) is 47.7 Å². The minimum Gasteiger partial charge on any atom is -0.490 e. The molecule has 192 valence electrons. The van der Waals surface area contributed by atoms with Gasteiger partial charge >= 0.3 is 0 Å². The Morgan fingerprint density at radius 2 is 1.89 bits per heavy atom. The minimum atomic E-state index is -0.118. The first-order valence-electron chi connectivity index (χ1n) is 12.6. The second kappa shape index (κ2) is 13.9. The molecule has 3 rings (SSSR count). The van der Waals surface area contributed by atoms with Gasteiger partial charge in [0.25, 0.3) is 5.91 Å². The molecule has 8 heteroatoms. The van der Waals surface area contributed by atoms with Gasteiger partial charge in [0.2, 0.25) is 5.91 Å². The first-order chi connectivity index (χ1) is 17.5. The van der Waals surface area contributed by atoms with Crippen LogP contribution >= 0.6 is 0 Å². The molecule has 2 aromatic carbocycles. The Balaban J connectivity index is 1.69. The number of nitrogens with one attached hydrogen (secondary N) is 1. The molecule has 8 nitrogen and oxygen atoms in total. The van der Waals surface area contributed by atoms with Gasteiger partial charge < -0.3 is 24.3 Å². The van der Waals surface area contributed by atoms with Crippen molar-refractivity contribution in [2.75, 3.05) is 25.1 Å². The van der Waals surface area contributed by atoms with Crippen molar-refractivity contribution in [3.8, 4) is 11.5 Å². The van der Waals surface area contributed by atoms with Gasteiger partial charge in [0.15, 0.2) is 11.5 Å². The molecule has 1 heterocycles. The zero-order valence-electron chi connectivity index (χ0n) is 21.4. The van der Waals surface area contributed by atoms with E-state index in [0.717, 1.165) is 18.4 Å². The van der Waals surface area contributed by atoms with Crippen molar-refractivity contribution >= 4 is 17.5 Å². The molecule has 0 radical (unpaired) electrons. The highest BCUT2D eigenvalue weighted by Gasteiger charge is 2.18. The number of aromatic nitrogens is 2. The largest absolute Gasteiger partial charge is 0.490 e. The lowest BCUT2D eigenvalue weighted by Gasteiger charge is -2.23. The maximum absolute atomic E-state index is 13.4. The quantitative estimate of drug-likeness (QED) is 0.336. The summed E-state index contributed by atoms with van der Waals surface area (Å²) in [6, 6.07) is 12.9. The predicted molar refractivity (Wildman–Crippen MR) is 140 cm³/mol. The number of amides is 2. The summed E-state index contributed by atoms with van der Waals surface area (Å²) in [6.45, 7) is 8.80. The van der Waals surface area contributed by atoms with Gasteiger partial charge in [-0.1, -0.05) is 26.0 Å². The molecule has 0 fully saturated rings. The van der Waals surface area contributed by atoms with Gasteiger partial charge in [0, 0.05) is 49.7 Å². The van der Waals surface area contributed by atoms with E-state index in [1.54, 1.807) is 36.8 Å². The van der Waals surface area contributed by atoms with Crippen molar-refractivity contribution in [1.29, 1.82) is 0 Å². The van der Waals surface area contributed by atoms with Gasteiger partial charge in [-0.25, -0.2) is 4.98 Å². The zero-order chi connectivity index (χ0) is 25.8. The van der Waals surface area contributed by atoms with Crippen molar-refractivity contribution in [1.82, 2.24) is 14.5 Å². The third-order valence-electron chi connectivity index (χ3n) is 5.47. The van der Waals surface area contributed by atoms with E-state index in [9.17, 15) is 9.59 Å². The molecular weight excluding hydrogens is 456 g/mol. The van der Waals surface area contributed by atoms with Crippen LogP contribution in [-0.4, -0.2) is 46.0 Å². The molecule has 0 spiro atoms. The van der Waals surface area contributed by atoms with Crippen molar-refractivity contribution in [3.63, 3.8) is 0 Å². The Kier molecular flexibility index (Phi) is 10.4. The fourth-order valence-corrected chi connectivity index (χ4v) is 3.78. The van der Waals surface area contributed by atoms with Crippen LogP contribution in [-0.2, 0) is 17.9 Å². The number of benzene rings is 2. The fourth-order valence-electron chi connectivity index (χ4n) is 3.78. The molecule has 0 unspecified atom stereocenters. The maximum Gasteiger partial charge on any atom is 0.254 e. The smallest absolute Gasteiger partial charge is 0.254 e. The topological polar surface area (TPSA) is 85.7 Å². The van der Waals surface area contributed by atoms with Crippen LogP contribution < -0.4 is 14.8 Å². The summed E-state index contributed by atoms with van der Waals surface area (Å²) in [5.74, 6) is 1.20. The van der Waals surface area contributed by atoms with Crippen LogP contribution in [0.4, 0.5) is 5.69 Å². The molecule has 2 amide bonds. The summed E-state index contributed by atoms with van der Waals surface area (Å²) >= 11 is 0. The number of ether oxygens (including phenoxy) is 2. The van der Waals surface area contributed by atoms with Crippen LogP contribution in [0, 0.1) is 0 Å². The number of nitrogens with zero attached hydrogens (tertiary/aromatic N) is 3. The van der Waals surface area contributed by atoms with Crippen LogP contribution in [0.3, 0.4) is 0 Å². The lowest BCUT2D eigenvalue weighted by molar-refractivity contribution is -0.116. The zero-order valence-corrected chi connectivity index (χ0v) is 21.4. The van der Waals surface area contributed by atoms with Gasteiger partial charge in [0.05, 0.1) is 19.5 Å². The first kappa shape index (κ1) is 26.8. The lowest BCUT2D eigenvalue weighted by atomic mass is 10.1. The number of rotatable bonds is 14. The van der Waals surface area contributed by atoms with Gasteiger partial charge in [-0.05, 0) is 55.7 Å². The van der Waals surface area contributed by atoms with E-state index in [4.69, 9.17) is 9.47 Å². The molecule has 0 aliphatic carbocycles. The second-order valence-electron chi connectivity index (χ2n) is 8.47. The molecule has 36 heavy (non-hydrogen) atoms. The van der Waals surface area contributed by atoms with E-state index in [-0.39, 0.29) is 11.8 Å². The molecule has 0 aliphatic rings. The minimum absolute atomic E-state index is 0.0874. The number of hydrogen-bond donors (Lipinski definition) is 1. The fraction of sp³-hybridized carbons (Fsp3) is 0.393. The molecule has 1 N–H and O–H groups in total. The van der Waals surface area contributed by atoms with Crippen LogP contribution in [0.2, 0.25) is 0 Å². The Labute approximate surface area is 213 Å². The molecule has 1 aromatic heterocycles. The molecule has 0 saturated carbocycles. The highest BCUT2D eigenvalue weighted by molar-refractivity contribution is 5.97. The van der Waals surface area contributed by atoms with E-state index in [2.05, 4.69) is 17.2 Å². The monoisotopic (exact) mass is 492 g/mol. The number of carbonyl (C=O) groups excluding carboxylic acids is 2. The summed E-state index contributed by atoms with van der Waals surface area (Å²) < 4.78 is 13.4. The van der Waals surface area contributed by atoms with E-state index in [1.165, 1.54) is 0 Å². The third kappa shape index (κ3) is 7.86. The summed E-state index contributed by atoms with van der Waals surface area (Å²) in [5.41, 5.74) is 2.10. The molecule has 0 saturated heterocycles. The molecular formula is C28H36N4O4. The highest BCUT2D eigenvalue weighted by Crippen LogP contribution is 2.29. The summed E-state index contributed by atoms with van der Waals surface area (Å²) in [6.07, 6.45) is 7.23. The standard InChI is InChI=1S/C28H36N4O4/c1-4-14-32(20-22-10-11-25(36-17-5-2)26(18-22)35-6-3)28(34)23-8-7-9-24(19-23)30-27(33)12-15-31-16-13-29-21-31/h7-11,13,16,18-19,21H,4-6,12,14-15,17,20H2,1-3H3,(H,30,33). The Hall–Kier alpha value is -3.81. The number of hydrogen-bond acceptors (Lipinski definition) is 5. The highest BCUT2D eigenvalue weighted by atomic mass is 16.5. The summed E-state index contributed by atoms with van der Waals surface area (Å²) in [4.78, 5) is 31.6. The van der Waals surface area contributed by atoms with Gasteiger partial charge in [-0.15, -0.1) is 0 Å². The number of anilines is 1. The van der Waals surface area contributed by atoms with Crippen molar-refractivity contribution < 1.29 is 19.1 Å². The molecule has 0 aliphatic heterocycles. The Morgan fingerprint density at radius 1 is 1.03 bits per heavy atom. The summed E-state index contributed by atoms with van der Waals surface area (Å²) in [7, 11) is 0. The second-order valence-corrected chi connectivity index (χ2v) is 8.47. The average Bonchev–Trinajstić information content (AvgIpc) is 3.40. The maximum atomic E-state index is 13.4. The van der Waals surface area contributed by atoms with Gasteiger partial charge in [0.1, 0.15) is 0 Å². The van der Waals surface area contributed by atoms with E-state index in [0.29, 0.717) is 62.0 Å². The van der Waals surface area contributed by atoms with Crippen LogP contribution in [0.15, 0.2) is 61.2 Å². The predicted octanol–water partition coefficient (Wildman–Crippen LogP) is 5.15. The van der Waals surface area contributed by atoms with Crippen LogP contribution in [0.5, 0.6) is 11.5 Å². The third-order valence-corrected chi connectivity index (χ3v) is 5.47. The first-order valence-corrected chi connectivity index (χ1v) is 12.6. The summed E-state index contributed by atoms with van der Waals surface area (Å²) in [5, 5.41) is 2.89. The Bertz CT molecular complexity index is 1110. The van der Waals surface area contributed by atoms with Crippen LogP contribution in [0.25, 0.3) is 0 Å². The van der Waals surface area contributed by atoms with Crippen molar-refractivity contribution in [3.05, 3.63) is 72.3 Å². The molecule has 0 atom stereocenters. The molecule has 0 bridgehead atoms. The normalized spacial score (nSPS) is 10.6. The van der Waals surface area contributed by atoms with E-state index < -0.39 is 0 Å². The van der Waals surface area contributed by atoms with Gasteiger partial charge in [-0.3, -0.25) is 9.59 Å². The SMILES string of the molecule is CCCOc1ccc(CN(CCC)C(=O)c2cccc(NC(=O)CCn3ccnc3)c2)cc1OCC.